The molecule has 2 saturated heterocycles. The summed E-state index contributed by atoms with van der Waals surface area (Å²) in [6.07, 6.45) is 0.621. The van der Waals surface area contributed by atoms with Crippen molar-refractivity contribution in [2.45, 2.75) is 17.4 Å². The van der Waals surface area contributed by atoms with E-state index in [2.05, 4.69) is 0 Å². The van der Waals surface area contributed by atoms with Crippen LogP contribution in [0.3, 0.4) is 0 Å². The van der Waals surface area contributed by atoms with Crippen molar-refractivity contribution in [2.24, 2.45) is 0 Å². The molecule has 3 rings (SSSR count). The Balaban J connectivity index is 1.70. The highest BCUT2D eigenvalue weighted by molar-refractivity contribution is 7.91. The van der Waals surface area contributed by atoms with E-state index in [1.54, 1.807) is 0 Å². The lowest BCUT2D eigenvalue weighted by molar-refractivity contribution is -0.925. The third-order valence-corrected chi connectivity index (χ3v) is 8.62. The second-order valence-electron chi connectivity index (χ2n) is 6.24. The van der Waals surface area contributed by atoms with E-state index >= 15 is 0 Å². The molecule has 1 N–H and O–H groups in total. The Morgan fingerprint density at radius 1 is 1.25 bits per heavy atom. The number of hydrogen-bond donors (Lipinski definition) is 1. The van der Waals surface area contributed by atoms with Crippen molar-refractivity contribution in [3.63, 3.8) is 0 Å². The fourth-order valence-corrected chi connectivity index (χ4v) is 6.83. The number of rotatable bonds is 3. The standard InChI is InChI=1S/C14H18ClFN2O4S2/c15-11-1-2-14(13(16)9-11)24(21,22)18-6-4-17(5-7-18)12-3-8-23(19,20)10-12/h1-2,9,12H,3-8,10H2/p+1/t12-/m0/s1. The smallest absolute Gasteiger partial charge is 0.246 e. The predicted octanol–water partition coefficient (Wildman–Crippen LogP) is -0.445. The number of sulfone groups is 1. The van der Waals surface area contributed by atoms with Gasteiger partial charge in [0.2, 0.25) is 10.0 Å². The minimum atomic E-state index is -3.91. The molecule has 1 atom stereocenters. The Bertz CT molecular complexity index is 836. The van der Waals surface area contributed by atoms with E-state index in [0.717, 1.165) is 11.0 Å². The Morgan fingerprint density at radius 2 is 1.92 bits per heavy atom. The molecule has 0 bridgehead atoms. The highest BCUT2D eigenvalue weighted by atomic mass is 35.5. The molecule has 0 aromatic heterocycles. The van der Waals surface area contributed by atoms with Crippen molar-refractivity contribution in [2.75, 3.05) is 37.7 Å². The lowest BCUT2D eigenvalue weighted by Crippen LogP contribution is -3.18. The first kappa shape index (κ1) is 18.1. The van der Waals surface area contributed by atoms with Gasteiger partial charge in [0.1, 0.15) is 22.5 Å². The van der Waals surface area contributed by atoms with Crippen molar-refractivity contribution < 1.29 is 26.1 Å². The van der Waals surface area contributed by atoms with Crippen LogP contribution in [0.2, 0.25) is 5.02 Å². The molecule has 2 aliphatic heterocycles. The Labute approximate surface area is 146 Å². The first-order valence-electron chi connectivity index (χ1n) is 7.69. The first-order valence-corrected chi connectivity index (χ1v) is 11.3. The van der Waals surface area contributed by atoms with Gasteiger partial charge in [0.15, 0.2) is 9.84 Å². The van der Waals surface area contributed by atoms with Crippen LogP contribution in [0.5, 0.6) is 0 Å². The molecule has 10 heteroatoms. The van der Waals surface area contributed by atoms with Gasteiger partial charge in [-0.2, -0.15) is 4.31 Å². The number of piperazine rings is 1. The van der Waals surface area contributed by atoms with Gasteiger partial charge in [0.05, 0.1) is 31.9 Å². The van der Waals surface area contributed by atoms with Gasteiger partial charge in [-0.3, -0.25) is 0 Å². The van der Waals surface area contributed by atoms with Crippen LogP contribution in [0.4, 0.5) is 4.39 Å². The maximum atomic E-state index is 13.9. The molecule has 24 heavy (non-hydrogen) atoms. The highest BCUT2D eigenvalue weighted by Gasteiger charge is 2.39. The van der Waals surface area contributed by atoms with E-state index in [4.69, 9.17) is 11.6 Å². The van der Waals surface area contributed by atoms with E-state index in [0.29, 0.717) is 19.5 Å². The quantitative estimate of drug-likeness (QED) is 0.750. The molecular weight excluding hydrogens is 379 g/mol. The topological polar surface area (TPSA) is 76.0 Å². The summed E-state index contributed by atoms with van der Waals surface area (Å²) in [5.74, 6) is -0.487. The van der Waals surface area contributed by atoms with Crippen molar-refractivity contribution in [1.82, 2.24) is 4.31 Å². The fraction of sp³-hybridized carbons (Fsp3) is 0.571. The molecule has 0 amide bonds. The number of benzene rings is 1. The summed E-state index contributed by atoms with van der Waals surface area (Å²) in [5, 5.41) is 0.142. The van der Waals surface area contributed by atoms with Gasteiger partial charge < -0.3 is 4.90 Å². The maximum Gasteiger partial charge on any atom is 0.246 e. The van der Waals surface area contributed by atoms with Gasteiger partial charge in [-0.25, -0.2) is 21.2 Å². The van der Waals surface area contributed by atoms with Crippen LogP contribution in [-0.4, -0.2) is 64.9 Å². The molecule has 0 spiro atoms. The van der Waals surface area contributed by atoms with Gasteiger partial charge in [-0.15, -0.1) is 0 Å². The summed E-state index contributed by atoms with van der Waals surface area (Å²) >= 11 is 5.67. The largest absolute Gasteiger partial charge is 0.329 e. The molecular formula is C14H19ClFN2O4S2+. The molecule has 0 aliphatic carbocycles. The van der Waals surface area contributed by atoms with Crippen LogP contribution in [0.15, 0.2) is 23.1 Å². The highest BCUT2D eigenvalue weighted by Crippen LogP contribution is 2.22. The lowest BCUT2D eigenvalue weighted by atomic mass is 10.2. The second kappa shape index (κ2) is 6.53. The van der Waals surface area contributed by atoms with Gasteiger partial charge in [-0.1, -0.05) is 11.6 Å². The molecule has 1 aromatic carbocycles. The van der Waals surface area contributed by atoms with Crippen molar-refractivity contribution in [3.8, 4) is 0 Å². The molecule has 0 saturated carbocycles. The Morgan fingerprint density at radius 3 is 2.46 bits per heavy atom. The van der Waals surface area contributed by atoms with Gasteiger partial charge in [0, 0.05) is 11.4 Å². The minimum absolute atomic E-state index is 0.0344. The minimum Gasteiger partial charge on any atom is -0.329 e. The van der Waals surface area contributed by atoms with Gasteiger partial charge >= 0.3 is 0 Å². The number of hydrogen-bond acceptors (Lipinski definition) is 4. The number of nitrogens with zero attached hydrogens (tertiary/aromatic N) is 1. The average molecular weight is 398 g/mol. The molecule has 2 fully saturated rings. The molecule has 2 aliphatic rings. The molecule has 0 radical (unpaired) electrons. The Kier molecular flexibility index (Phi) is 4.91. The van der Waals surface area contributed by atoms with Crippen LogP contribution in [0, 0.1) is 5.82 Å². The van der Waals surface area contributed by atoms with Crippen LogP contribution in [0.1, 0.15) is 6.42 Å². The predicted molar refractivity (Wildman–Crippen MR) is 87.9 cm³/mol. The third-order valence-electron chi connectivity index (χ3n) is 4.69. The zero-order valence-corrected chi connectivity index (χ0v) is 15.3. The summed E-state index contributed by atoms with van der Waals surface area (Å²) in [5.41, 5.74) is 0. The van der Waals surface area contributed by atoms with Crippen LogP contribution in [-0.2, 0) is 19.9 Å². The zero-order chi connectivity index (χ0) is 17.5. The van der Waals surface area contributed by atoms with E-state index in [1.165, 1.54) is 16.4 Å². The van der Waals surface area contributed by atoms with Crippen LogP contribution < -0.4 is 4.90 Å². The van der Waals surface area contributed by atoms with Gasteiger partial charge in [-0.05, 0) is 18.2 Å². The van der Waals surface area contributed by atoms with E-state index in [1.807, 2.05) is 0 Å². The summed E-state index contributed by atoms with van der Waals surface area (Å²) < 4.78 is 63.5. The molecule has 0 unspecified atom stereocenters. The monoisotopic (exact) mass is 397 g/mol. The summed E-state index contributed by atoms with van der Waals surface area (Å²) in [4.78, 5) is 0.734. The van der Waals surface area contributed by atoms with E-state index in [9.17, 15) is 21.2 Å². The lowest BCUT2D eigenvalue weighted by Gasteiger charge is -2.34. The van der Waals surface area contributed by atoms with Crippen LogP contribution >= 0.6 is 11.6 Å². The summed E-state index contributed by atoms with van der Waals surface area (Å²) in [7, 11) is -6.87. The SMILES string of the molecule is O=S1(=O)CC[C@H]([NH+]2CCN(S(=O)(=O)c3ccc(Cl)cc3F)CC2)C1. The number of sulfonamides is 1. The normalized spacial score (nSPS) is 25.8. The number of halogens is 2. The summed E-state index contributed by atoms with van der Waals surface area (Å²) in [6.45, 7) is 1.54. The molecule has 2 heterocycles. The van der Waals surface area contributed by atoms with Crippen molar-refractivity contribution in [1.29, 1.82) is 0 Å². The number of quaternary nitrogens is 1. The molecule has 134 valence electrons. The zero-order valence-electron chi connectivity index (χ0n) is 12.9. The number of nitrogens with one attached hydrogen (secondary N) is 1. The molecule has 1 aromatic rings. The fourth-order valence-electron chi connectivity index (χ4n) is 3.36. The van der Waals surface area contributed by atoms with Crippen molar-refractivity contribution in [3.05, 3.63) is 29.0 Å². The summed E-state index contributed by atoms with van der Waals surface area (Å²) in [6, 6.07) is 3.55. The van der Waals surface area contributed by atoms with Crippen molar-refractivity contribution >= 4 is 31.5 Å². The second-order valence-corrected chi connectivity index (χ2v) is 10.8. The van der Waals surface area contributed by atoms with Gasteiger partial charge in [0.25, 0.3) is 0 Å². The molecule has 6 nitrogen and oxygen atoms in total. The third kappa shape index (κ3) is 3.60. The first-order chi connectivity index (χ1) is 11.2. The van der Waals surface area contributed by atoms with E-state index < -0.39 is 25.7 Å². The Hall–Kier alpha value is -0.740. The maximum absolute atomic E-state index is 13.9. The van der Waals surface area contributed by atoms with E-state index in [-0.39, 0.29) is 40.6 Å². The van der Waals surface area contributed by atoms with Crippen LogP contribution in [0.25, 0.3) is 0 Å². The average Bonchev–Trinajstić information content (AvgIpc) is 2.87.